The van der Waals surface area contributed by atoms with Crippen LogP contribution in [0, 0.1) is 0 Å². The number of halogens is 3. The number of ether oxygens (including phenoxy) is 1. The van der Waals surface area contributed by atoms with Crippen molar-refractivity contribution in [3.63, 3.8) is 0 Å². The second-order valence-corrected chi connectivity index (χ2v) is 13.7. The Morgan fingerprint density at radius 3 is 2.20 bits per heavy atom. The molecule has 12 nitrogen and oxygen atoms in total. The summed E-state index contributed by atoms with van der Waals surface area (Å²) in [4.78, 5) is 23.1. The van der Waals surface area contributed by atoms with Gasteiger partial charge in [-0.25, -0.2) is 26.8 Å². The summed E-state index contributed by atoms with van der Waals surface area (Å²) >= 11 is 0. The molecular formula is C27H31F3N6O6S2. The molecule has 0 spiro atoms. The van der Waals surface area contributed by atoms with Gasteiger partial charge in [-0.2, -0.15) is 4.31 Å². The van der Waals surface area contributed by atoms with Crippen molar-refractivity contribution >= 4 is 37.6 Å². The highest BCUT2D eigenvalue weighted by molar-refractivity contribution is 7.92. The van der Waals surface area contributed by atoms with Gasteiger partial charge in [0.25, 0.3) is 0 Å². The summed E-state index contributed by atoms with van der Waals surface area (Å²) < 4.78 is 95.1. The van der Waals surface area contributed by atoms with E-state index in [4.69, 9.17) is 0 Å². The zero-order valence-electron chi connectivity index (χ0n) is 23.8. The third-order valence-electron chi connectivity index (χ3n) is 6.58. The predicted octanol–water partition coefficient (Wildman–Crippen LogP) is 2.90. The van der Waals surface area contributed by atoms with Gasteiger partial charge in [0.05, 0.1) is 23.5 Å². The van der Waals surface area contributed by atoms with Crippen molar-refractivity contribution in [2.75, 3.05) is 35.5 Å². The van der Waals surface area contributed by atoms with E-state index in [1.807, 2.05) is 24.3 Å². The molecule has 1 amide bonds. The number of hydrogen-bond acceptors (Lipinski definition) is 9. The van der Waals surface area contributed by atoms with E-state index in [9.17, 15) is 34.8 Å². The Kier molecular flexibility index (Phi) is 10.00. The van der Waals surface area contributed by atoms with Crippen molar-refractivity contribution in [3.05, 3.63) is 72.1 Å². The Morgan fingerprint density at radius 1 is 0.977 bits per heavy atom. The molecule has 0 radical (unpaired) electrons. The lowest BCUT2D eigenvalue weighted by Crippen LogP contribution is -2.60. The van der Waals surface area contributed by atoms with Crippen molar-refractivity contribution < 1.29 is 39.5 Å². The number of alkyl halides is 3. The highest BCUT2D eigenvalue weighted by atomic mass is 32.2. The van der Waals surface area contributed by atoms with Gasteiger partial charge in [0.2, 0.25) is 26.0 Å². The Morgan fingerprint density at radius 2 is 1.64 bits per heavy atom. The molecule has 1 aliphatic heterocycles. The van der Waals surface area contributed by atoms with Crippen LogP contribution in [0.25, 0.3) is 0 Å². The number of rotatable bonds is 11. The van der Waals surface area contributed by atoms with E-state index >= 15 is 0 Å². The first-order valence-corrected chi connectivity index (χ1v) is 16.8. The van der Waals surface area contributed by atoms with E-state index in [1.165, 1.54) is 12.4 Å². The number of amides is 1. The van der Waals surface area contributed by atoms with E-state index in [2.05, 4.69) is 31.7 Å². The molecule has 0 aliphatic carbocycles. The van der Waals surface area contributed by atoms with Gasteiger partial charge < -0.3 is 15.0 Å². The minimum absolute atomic E-state index is 0.0188. The fourth-order valence-electron chi connectivity index (χ4n) is 4.57. The molecule has 2 heterocycles. The molecule has 1 aliphatic rings. The lowest BCUT2D eigenvalue weighted by Gasteiger charge is -2.40. The fraction of sp³-hybridized carbons (Fsp3) is 0.370. The van der Waals surface area contributed by atoms with Gasteiger partial charge in [-0.05, 0) is 41.8 Å². The second-order valence-electron chi connectivity index (χ2n) is 10.0. The molecule has 0 saturated carbocycles. The van der Waals surface area contributed by atoms with Crippen molar-refractivity contribution in [3.8, 4) is 5.75 Å². The molecule has 44 heavy (non-hydrogen) atoms. The zero-order valence-corrected chi connectivity index (χ0v) is 25.4. The Hall–Kier alpha value is -3.96. The smallest absolute Gasteiger partial charge is 0.406 e. The molecule has 1 saturated heterocycles. The van der Waals surface area contributed by atoms with Crippen LogP contribution < -0.4 is 19.7 Å². The van der Waals surface area contributed by atoms with Crippen LogP contribution in [0.3, 0.4) is 0 Å². The Balaban J connectivity index is 1.57. The third-order valence-corrected chi connectivity index (χ3v) is 9.08. The lowest BCUT2D eigenvalue weighted by atomic mass is 10.1. The minimum Gasteiger partial charge on any atom is -0.406 e. The summed E-state index contributed by atoms with van der Waals surface area (Å²) in [5.41, 5.74) is 1.95. The van der Waals surface area contributed by atoms with Gasteiger partial charge in [0.15, 0.2) is 5.82 Å². The number of carbonyl (C=O) groups is 1. The second kappa shape index (κ2) is 13.4. The number of carbonyl (C=O) groups excluding carboxylic acids is 1. The van der Waals surface area contributed by atoms with Crippen molar-refractivity contribution in [2.45, 2.75) is 43.6 Å². The molecule has 1 fully saturated rings. The summed E-state index contributed by atoms with van der Waals surface area (Å²) in [6.07, 6.45) is 0.401. The predicted molar refractivity (Wildman–Crippen MR) is 156 cm³/mol. The average molecular weight is 657 g/mol. The maximum absolute atomic E-state index is 13.7. The first kappa shape index (κ1) is 32.9. The molecule has 3 aromatic rings. The van der Waals surface area contributed by atoms with E-state index < -0.39 is 44.1 Å². The van der Waals surface area contributed by atoms with Crippen molar-refractivity contribution in [1.82, 2.24) is 19.6 Å². The molecule has 1 atom stereocenters. The van der Waals surface area contributed by atoms with Crippen molar-refractivity contribution in [1.29, 1.82) is 0 Å². The molecule has 2 N–H and O–H groups in total. The lowest BCUT2D eigenvalue weighted by molar-refractivity contribution is -0.274. The monoisotopic (exact) mass is 656 g/mol. The van der Waals surface area contributed by atoms with Gasteiger partial charge >= 0.3 is 6.36 Å². The number of piperazine rings is 1. The average Bonchev–Trinajstić information content (AvgIpc) is 2.95. The van der Waals surface area contributed by atoms with Gasteiger partial charge in [-0.1, -0.05) is 37.6 Å². The van der Waals surface area contributed by atoms with Gasteiger partial charge in [-0.3, -0.25) is 9.52 Å². The van der Waals surface area contributed by atoms with Gasteiger partial charge in [0, 0.05) is 26.2 Å². The highest BCUT2D eigenvalue weighted by Crippen LogP contribution is 2.28. The Labute approximate surface area is 253 Å². The van der Waals surface area contributed by atoms with Crippen LogP contribution in [0.2, 0.25) is 0 Å². The highest BCUT2D eigenvalue weighted by Gasteiger charge is 2.41. The number of hydrogen-bond donors (Lipinski definition) is 2. The Bertz CT molecular complexity index is 1650. The van der Waals surface area contributed by atoms with Crippen LogP contribution in [0.1, 0.15) is 24.5 Å². The molecule has 0 bridgehead atoms. The number of sulfonamides is 2. The van der Waals surface area contributed by atoms with E-state index in [0.717, 1.165) is 58.8 Å². The molecular weight excluding hydrogens is 625 g/mol. The molecule has 0 unspecified atom stereocenters. The van der Waals surface area contributed by atoms with Crippen LogP contribution >= 0.6 is 0 Å². The normalized spacial score (nSPS) is 16.4. The number of aryl methyl sites for hydroxylation is 1. The number of aromatic nitrogens is 2. The van der Waals surface area contributed by atoms with Gasteiger partial charge in [-0.15, -0.1) is 13.2 Å². The standard InChI is InChI=1S/C27H31F3N6O6S2/c1-3-4-19-5-7-20(8-6-19)15-33-26(37)23-18-35(25-17-31-24(16-32-25)34-43(2,38)39)13-14-36(23)44(40,41)22-11-9-21(10-12-22)42-27(28,29)30/h5-12,16-17,23H,3-4,13-15,18H2,1-2H3,(H,31,34)(H,33,37)/t23-/m1/s1. The summed E-state index contributed by atoms with van der Waals surface area (Å²) in [6, 6.07) is 10.1. The van der Waals surface area contributed by atoms with E-state index in [-0.39, 0.29) is 42.7 Å². The molecule has 238 valence electrons. The number of nitrogens with one attached hydrogen (secondary N) is 2. The first-order chi connectivity index (χ1) is 20.6. The van der Waals surface area contributed by atoms with E-state index in [0.29, 0.717) is 0 Å². The summed E-state index contributed by atoms with van der Waals surface area (Å²) in [5, 5.41) is 2.79. The number of benzene rings is 2. The number of nitrogens with zero attached hydrogens (tertiary/aromatic N) is 4. The van der Waals surface area contributed by atoms with Crippen LogP contribution in [0.4, 0.5) is 24.8 Å². The molecule has 2 aromatic carbocycles. The molecule has 1 aromatic heterocycles. The maximum atomic E-state index is 13.7. The maximum Gasteiger partial charge on any atom is 0.573 e. The quantitative estimate of drug-likeness (QED) is 0.318. The van der Waals surface area contributed by atoms with Crippen LogP contribution in [0.15, 0.2) is 65.8 Å². The largest absolute Gasteiger partial charge is 0.573 e. The van der Waals surface area contributed by atoms with E-state index in [1.54, 1.807) is 4.90 Å². The fourth-order valence-corrected chi connectivity index (χ4v) is 6.63. The van der Waals surface area contributed by atoms with Crippen LogP contribution in [-0.2, 0) is 37.8 Å². The summed E-state index contributed by atoms with van der Waals surface area (Å²) in [5.74, 6) is -0.933. The zero-order chi connectivity index (χ0) is 32.1. The third kappa shape index (κ3) is 8.79. The summed E-state index contributed by atoms with van der Waals surface area (Å²) in [7, 11) is -7.94. The van der Waals surface area contributed by atoms with Gasteiger partial charge in [0.1, 0.15) is 17.6 Å². The summed E-state index contributed by atoms with van der Waals surface area (Å²) in [6.45, 7) is 1.98. The molecule has 4 rings (SSSR count). The first-order valence-electron chi connectivity index (χ1n) is 13.4. The van der Waals surface area contributed by atoms with Crippen LogP contribution in [-0.4, -0.2) is 75.3 Å². The number of anilines is 2. The van der Waals surface area contributed by atoms with Crippen molar-refractivity contribution in [2.24, 2.45) is 0 Å². The topological polar surface area (TPSA) is 151 Å². The molecule has 17 heteroatoms. The van der Waals surface area contributed by atoms with Crippen LogP contribution in [0.5, 0.6) is 5.75 Å². The minimum atomic E-state index is -4.95. The SMILES string of the molecule is CCCc1ccc(CNC(=O)[C@H]2CN(c3cnc(NS(C)(=O)=O)cn3)CCN2S(=O)(=O)c2ccc(OC(F)(F)F)cc2)cc1.